The van der Waals surface area contributed by atoms with Gasteiger partial charge in [-0.15, -0.1) is 0 Å². The lowest BCUT2D eigenvalue weighted by Crippen LogP contribution is -2.61. The van der Waals surface area contributed by atoms with E-state index in [-0.39, 0.29) is 16.0 Å². The summed E-state index contributed by atoms with van der Waals surface area (Å²) in [5.41, 5.74) is 0. The summed E-state index contributed by atoms with van der Waals surface area (Å²) < 4.78 is 31.0. The van der Waals surface area contributed by atoms with Gasteiger partial charge in [0.05, 0.1) is 6.61 Å². The topological polar surface area (TPSA) is 63.2 Å². The molecule has 29 heavy (non-hydrogen) atoms. The van der Waals surface area contributed by atoms with Crippen molar-refractivity contribution in [3.63, 3.8) is 0 Å². The van der Waals surface area contributed by atoms with Gasteiger partial charge in [0.25, 0.3) is 0 Å². The van der Waals surface area contributed by atoms with Crippen molar-refractivity contribution in [2.75, 3.05) is 6.61 Å². The van der Waals surface area contributed by atoms with Crippen molar-refractivity contribution >= 4 is 22.6 Å². The first kappa shape index (κ1) is 25.0. The zero-order valence-electron chi connectivity index (χ0n) is 20.5. The summed E-state index contributed by atoms with van der Waals surface area (Å²) in [4.78, 5) is 12.7. The lowest BCUT2D eigenvalue weighted by atomic mass is 10.0. The Morgan fingerprint density at radius 3 is 1.93 bits per heavy atom. The van der Waals surface area contributed by atoms with Crippen molar-refractivity contribution < 1.29 is 27.9 Å². The van der Waals surface area contributed by atoms with Crippen LogP contribution in [0.4, 0.5) is 0 Å². The minimum Gasteiger partial charge on any atom is -0.455 e. The van der Waals surface area contributed by atoms with Gasteiger partial charge in [0.15, 0.2) is 34.6 Å². The summed E-state index contributed by atoms with van der Waals surface area (Å²) in [7, 11) is -4.15. The lowest BCUT2D eigenvalue weighted by Gasteiger charge is -2.46. The van der Waals surface area contributed by atoms with Crippen LogP contribution in [-0.4, -0.2) is 59.4 Å². The summed E-state index contributed by atoms with van der Waals surface area (Å²) in [6.07, 6.45) is -2.17. The third-order valence-corrected chi connectivity index (χ3v) is 15.9. The highest BCUT2D eigenvalue weighted by atomic mass is 28.4. The molecule has 2 aliphatic heterocycles. The Bertz CT molecular complexity index is 618. The quantitative estimate of drug-likeness (QED) is 0.444. The molecule has 0 N–H and O–H groups in total. The molecule has 0 saturated carbocycles. The highest BCUT2D eigenvalue weighted by Crippen LogP contribution is 2.43. The smallest absolute Gasteiger partial charge is 0.338 e. The Morgan fingerprint density at radius 1 is 0.931 bits per heavy atom. The van der Waals surface area contributed by atoms with Gasteiger partial charge in [-0.2, -0.15) is 0 Å². The average Bonchev–Trinajstić information content (AvgIpc) is 2.82. The Hall–Kier alpha value is -0.256. The van der Waals surface area contributed by atoms with Gasteiger partial charge in [-0.3, -0.25) is 0 Å². The third-order valence-electron chi connectivity index (χ3n) is 6.97. The number of fused-ring (bicyclic) bond motifs is 1. The molecule has 8 heteroatoms. The second kappa shape index (κ2) is 7.71. The van der Waals surface area contributed by atoms with E-state index in [4.69, 9.17) is 23.1 Å². The molecule has 2 heterocycles. The first-order valence-electron chi connectivity index (χ1n) is 10.7. The molecule has 2 aliphatic rings. The summed E-state index contributed by atoms with van der Waals surface area (Å²) in [6.45, 7) is 25.9. The van der Waals surface area contributed by atoms with E-state index in [0.717, 1.165) is 0 Å². The van der Waals surface area contributed by atoms with Gasteiger partial charge in [-0.1, -0.05) is 41.5 Å². The molecular weight excluding hydrogens is 404 g/mol. The van der Waals surface area contributed by atoms with E-state index in [2.05, 4.69) is 67.7 Å². The van der Waals surface area contributed by atoms with Gasteiger partial charge in [-0.25, -0.2) is 4.79 Å². The second-order valence-corrected chi connectivity index (χ2v) is 21.5. The molecule has 0 radical (unpaired) electrons. The van der Waals surface area contributed by atoms with E-state index >= 15 is 0 Å². The van der Waals surface area contributed by atoms with Gasteiger partial charge >= 0.3 is 5.97 Å². The Kier molecular flexibility index (Phi) is 6.65. The number of rotatable bonds is 5. The number of carbonyl (C=O) groups is 1. The number of hydrogen-bond acceptors (Lipinski definition) is 6. The molecular formula is C21H42O6Si2. The van der Waals surface area contributed by atoms with Crippen molar-refractivity contribution in [2.45, 2.75) is 122 Å². The van der Waals surface area contributed by atoms with Crippen molar-refractivity contribution in [1.82, 2.24) is 0 Å². The molecule has 2 rings (SSSR count). The van der Waals surface area contributed by atoms with Crippen LogP contribution in [0.2, 0.25) is 36.3 Å². The van der Waals surface area contributed by atoms with Gasteiger partial charge in [0.1, 0.15) is 12.2 Å². The molecule has 170 valence electrons. The summed E-state index contributed by atoms with van der Waals surface area (Å²) in [6, 6.07) is 0. The van der Waals surface area contributed by atoms with E-state index in [1.807, 2.05) is 13.8 Å². The minimum atomic E-state index is -2.14. The summed E-state index contributed by atoms with van der Waals surface area (Å²) in [5, 5.41) is 0.0860. The molecule has 0 aliphatic carbocycles. The normalized spacial score (nSPS) is 30.8. The van der Waals surface area contributed by atoms with Crippen LogP contribution in [0.1, 0.15) is 55.4 Å². The molecule has 0 unspecified atom stereocenters. The van der Waals surface area contributed by atoms with Crippen LogP contribution in [-0.2, 0) is 27.9 Å². The fourth-order valence-electron chi connectivity index (χ4n) is 3.00. The van der Waals surface area contributed by atoms with Crippen molar-refractivity contribution in [3.05, 3.63) is 0 Å². The SMILES string of the molecule is CC1(C)O[C@@H]2[C@H](O[Si](C)(C)C(C)(C)C)[C@@H](CO[Si](C)(C)C(C)(C)C)OC(=O)[C@@H]2O1. The van der Waals surface area contributed by atoms with Gasteiger partial charge in [-0.05, 0) is 50.1 Å². The standard InChI is InChI=1S/C21H42O6Si2/c1-19(2,3)28(9,10)23-13-14-15(27-29(11,12)20(4,5)6)16-17(18(22)24-14)26-21(7,8)25-16/h14-17H,13H2,1-12H3/t14-,15-,16-,17-/m1/s1. The predicted octanol–water partition coefficient (Wildman–Crippen LogP) is 4.84. The molecule has 0 aromatic rings. The number of hydrogen-bond donors (Lipinski definition) is 0. The van der Waals surface area contributed by atoms with Gasteiger partial charge in [0, 0.05) is 0 Å². The largest absolute Gasteiger partial charge is 0.455 e. The zero-order chi connectivity index (χ0) is 22.6. The maximum absolute atomic E-state index is 12.7. The molecule has 6 nitrogen and oxygen atoms in total. The van der Waals surface area contributed by atoms with Crippen LogP contribution < -0.4 is 0 Å². The van der Waals surface area contributed by atoms with Crippen LogP contribution in [0.15, 0.2) is 0 Å². The van der Waals surface area contributed by atoms with Crippen LogP contribution in [0.3, 0.4) is 0 Å². The molecule has 0 spiro atoms. The monoisotopic (exact) mass is 446 g/mol. The van der Waals surface area contributed by atoms with E-state index in [9.17, 15) is 4.79 Å². The first-order valence-corrected chi connectivity index (χ1v) is 16.5. The summed E-state index contributed by atoms with van der Waals surface area (Å²) in [5.74, 6) is -1.24. The second-order valence-electron chi connectivity index (χ2n) is 11.9. The van der Waals surface area contributed by atoms with E-state index in [1.165, 1.54) is 0 Å². The number of cyclic esters (lactones) is 1. The van der Waals surface area contributed by atoms with Crippen LogP contribution >= 0.6 is 0 Å². The molecule has 0 amide bonds. The fourth-order valence-corrected chi connectivity index (χ4v) is 5.34. The van der Waals surface area contributed by atoms with Crippen LogP contribution in [0.5, 0.6) is 0 Å². The Balaban J connectivity index is 2.31. The Morgan fingerprint density at radius 2 is 1.45 bits per heavy atom. The van der Waals surface area contributed by atoms with Crippen LogP contribution in [0.25, 0.3) is 0 Å². The predicted molar refractivity (Wildman–Crippen MR) is 119 cm³/mol. The van der Waals surface area contributed by atoms with Gasteiger partial charge in [0.2, 0.25) is 0 Å². The van der Waals surface area contributed by atoms with Crippen LogP contribution in [0, 0.1) is 0 Å². The molecule has 4 atom stereocenters. The highest BCUT2D eigenvalue weighted by molar-refractivity contribution is 6.74. The zero-order valence-corrected chi connectivity index (χ0v) is 22.5. The third kappa shape index (κ3) is 5.33. The first-order chi connectivity index (χ1) is 12.8. The number of carbonyl (C=O) groups excluding carboxylic acids is 1. The maximum atomic E-state index is 12.7. The molecule has 0 aromatic carbocycles. The highest BCUT2D eigenvalue weighted by Gasteiger charge is 2.58. The number of esters is 1. The van der Waals surface area contributed by atoms with E-state index in [1.54, 1.807) is 0 Å². The maximum Gasteiger partial charge on any atom is 0.338 e. The molecule has 2 saturated heterocycles. The lowest BCUT2D eigenvalue weighted by molar-refractivity contribution is -0.187. The average molecular weight is 447 g/mol. The van der Waals surface area contributed by atoms with Crippen molar-refractivity contribution in [2.24, 2.45) is 0 Å². The molecule has 0 aromatic heterocycles. The number of ether oxygens (including phenoxy) is 3. The van der Waals surface area contributed by atoms with E-state index < -0.39 is 46.8 Å². The van der Waals surface area contributed by atoms with Gasteiger partial charge < -0.3 is 23.1 Å². The van der Waals surface area contributed by atoms with Crippen molar-refractivity contribution in [3.8, 4) is 0 Å². The van der Waals surface area contributed by atoms with E-state index in [0.29, 0.717) is 6.61 Å². The fraction of sp³-hybridized carbons (Fsp3) is 0.952. The summed E-state index contributed by atoms with van der Waals surface area (Å²) >= 11 is 0. The Labute approximate surface area is 179 Å². The molecule has 0 bridgehead atoms. The minimum absolute atomic E-state index is 0.0176. The van der Waals surface area contributed by atoms with Crippen molar-refractivity contribution in [1.29, 1.82) is 0 Å². The molecule has 2 fully saturated rings.